The molecule has 0 saturated heterocycles. The Labute approximate surface area is 203 Å². The van der Waals surface area contributed by atoms with E-state index in [4.69, 9.17) is 11.6 Å². The Hall–Kier alpha value is -2.07. The number of allylic oxidation sites excluding steroid dienone is 2. The fourth-order valence-electron chi connectivity index (χ4n) is 5.10. The smallest absolute Gasteiger partial charge is 0.0958 e. The molecular weight excluding hydrogens is 450 g/mol. The van der Waals surface area contributed by atoms with Crippen LogP contribution in [0, 0.1) is 0 Å². The number of rotatable bonds is 3. The van der Waals surface area contributed by atoms with E-state index in [0.717, 1.165) is 5.02 Å². The summed E-state index contributed by atoms with van der Waals surface area (Å²) >= 11 is 10.3. The second-order valence-corrected chi connectivity index (χ2v) is 11.5. The predicted octanol–water partition coefficient (Wildman–Crippen LogP) is 8.90. The van der Waals surface area contributed by atoms with Gasteiger partial charge in [-0.25, -0.2) is 0 Å². The third kappa shape index (κ3) is 3.51. The highest BCUT2D eigenvalue weighted by molar-refractivity contribution is 8.14. The molecule has 1 aliphatic carbocycles. The number of halogens is 1. The Balaban J connectivity index is 1.51. The second-order valence-electron chi connectivity index (χ2n) is 8.62. The van der Waals surface area contributed by atoms with Gasteiger partial charge in [0.25, 0.3) is 0 Å². The van der Waals surface area contributed by atoms with Crippen molar-refractivity contribution in [1.29, 1.82) is 0 Å². The SMILES string of the molecule is Clc1ccc(C2C=C(c3ccccc3)SC3=C2SC2(CCCC2)N3c2ccccc2)cc1. The van der Waals surface area contributed by atoms with Gasteiger partial charge < -0.3 is 4.90 Å². The number of para-hydroxylation sites is 1. The molecule has 1 spiro atoms. The van der Waals surface area contributed by atoms with Crippen LogP contribution in [0.3, 0.4) is 0 Å². The molecule has 6 rings (SSSR count). The predicted molar refractivity (Wildman–Crippen MR) is 141 cm³/mol. The van der Waals surface area contributed by atoms with Gasteiger partial charge in [-0.05, 0) is 48.2 Å². The summed E-state index contributed by atoms with van der Waals surface area (Å²) in [6.45, 7) is 0. The quantitative estimate of drug-likeness (QED) is 0.373. The molecule has 1 saturated carbocycles. The minimum atomic E-state index is 0.129. The monoisotopic (exact) mass is 473 g/mol. The van der Waals surface area contributed by atoms with Crippen LogP contribution in [0.25, 0.3) is 4.91 Å². The number of thioether (sulfide) groups is 2. The fraction of sp³-hybridized carbons (Fsp3) is 0.214. The molecule has 1 nitrogen and oxygen atoms in total. The summed E-state index contributed by atoms with van der Waals surface area (Å²) in [7, 11) is 0. The van der Waals surface area contributed by atoms with Gasteiger partial charge in [0, 0.05) is 26.4 Å². The summed E-state index contributed by atoms with van der Waals surface area (Å²) < 4.78 is 0. The number of nitrogens with zero attached hydrogens (tertiary/aromatic N) is 1. The maximum atomic E-state index is 6.24. The van der Waals surface area contributed by atoms with Gasteiger partial charge in [-0.3, -0.25) is 0 Å². The van der Waals surface area contributed by atoms with Crippen LogP contribution in [0.15, 0.2) is 101 Å². The first kappa shape index (κ1) is 20.5. The van der Waals surface area contributed by atoms with Crippen LogP contribution in [-0.2, 0) is 0 Å². The van der Waals surface area contributed by atoms with Gasteiger partial charge in [0.2, 0.25) is 0 Å². The topological polar surface area (TPSA) is 3.24 Å². The summed E-state index contributed by atoms with van der Waals surface area (Å²) in [6.07, 6.45) is 7.52. The molecule has 160 valence electrons. The molecule has 3 aromatic carbocycles. The second kappa shape index (κ2) is 8.37. The average molecular weight is 474 g/mol. The largest absolute Gasteiger partial charge is 0.320 e. The minimum Gasteiger partial charge on any atom is -0.320 e. The van der Waals surface area contributed by atoms with Crippen LogP contribution in [-0.4, -0.2) is 4.87 Å². The summed E-state index contributed by atoms with van der Waals surface area (Å²) in [4.78, 5) is 5.62. The first-order valence-corrected chi connectivity index (χ1v) is 13.2. The molecule has 1 fully saturated rings. The molecule has 0 N–H and O–H groups in total. The lowest BCUT2D eigenvalue weighted by molar-refractivity contribution is 0.619. The maximum absolute atomic E-state index is 6.24. The van der Waals surface area contributed by atoms with E-state index in [0.29, 0.717) is 0 Å². The van der Waals surface area contributed by atoms with Gasteiger partial charge in [0.05, 0.1) is 9.90 Å². The van der Waals surface area contributed by atoms with E-state index in [1.54, 1.807) is 0 Å². The lowest BCUT2D eigenvalue weighted by Gasteiger charge is -2.37. The summed E-state index contributed by atoms with van der Waals surface area (Å²) in [5, 5.41) is 2.20. The van der Waals surface area contributed by atoms with Crippen molar-refractivity contribution in [3.8, 4) is 0 Å². The molecule has 1 atom stereocenters. The molecule has 0 radical (unpaired) electrons. The van der Waals surface area contributed by atoms with Crippen molar-refractivity contribution >= 4 is 45.7 Å². The van der Waals surface area contributed by atoms with Crippen molar-refractivity contribution in [2.45, 2.75) is 36.5 Å². The van der Waals surface area contributed by atoms with Crippen molar-refractivity contribution in [3.63, 3.8) is 0 Å². The van der Waals surface area contributed by atoms with E-state index < -0.39 is 0 Å². The summed E-state index contributed by atoms with van der Waals surface area (Å²) in [5.41, 5.74) is 3.91. The zero-order valence-electron chi connectivity index (χ0n) is 17.7. The van der Waals surface area contributed by atoms with E-state index in [-0.39, 0.29) is 10.8 Å². The Bertz CT molecular complexity index is 1180. The maximum Gasteiger partial charge on any atom is 0.0958 e. The molecule has 32 heavy (non-hydrogen) atoms. The highest BCUT2D eigenvalue weighted by Gasteiger charge is 2.51. The summed E-state index contributed by atoms with van der Waals surface area (Å²) in [6, 6.07) is 30.2. The van der Waals surface area contributed by atoms with Crippen molar-refractivity contribution in [1.82, 2.24) is 0 Å². The zero-order chi connectivity index (χ0) is 21.5. The molecule has 2 aliphatic heterocycles. The van der Waals surface area contributed by atoms with Gasteiger partial charge in [0.1, 0.15) is 0 Å². The van der Waals surface area contributed by atoms with Crippen molar-refractivity contribution < 1.29 is 0 Å². The van der Waals surface area contributed by atoms with Crippen LogP contribution < -0.4 is 4.90 Å². The van der Waals surface area contributed by atoms with Gasteiger partial charge in [0.15, 0.2) is 0 Å². The molecule has 2 heterocycles. The Morgan fingerprint density at radius 1 is 0.812 bits per heavy atom. The number of anilines is 1. The van der Waals surface area contributed by atoms with E-state index in [9.17, 15) is 0 Å². The highest BCUT2D eigenvalue weighted by Crippen LogP contribution is 2.64. The molecule has 0 aromatic heterocycles. The number of hydrogen-bond donors (Lipinski definition) is 0. The van der Waals surface area contributed by atoms with Crippen molar-refractivity contribution in [2.24, 2.45) is 0 Å². The van der Waals surface area contributed by atoms with Crippen LogP contribution in [0.4, 0.5) is 5.69 Å². The lowest BCUT2D eigenvalue weighted by Crippen LogP contribution is -2.39. The van der Waals surface area contributed by atoms with Gasteiger partial charge >= 0.3 is 0 Å². The number of hydrogen-bond acceptors (Lipinski definition) is 3. The van der Waals surface area contributed by atoms with Crippen molar-refractivity contribution in [2.75, 3.05) is 4.90 Å². The van der Waals surface area contributed by atoms with Crippen LogP contribution in [0.2, 0.25) is 5.02 Å². The van der Waals surface area contributed by atoms with E-state index >= 15 is 0 Å². The summed E-state index contributed by atoms with van der Waals surface area (Å²) in [5.74, 6) is 0.245. The van der Waals surface area contributed by atoms with Gasteiger partial charge in [-0.15, -0.1) is 0 Å². The molecule has 4 heteroatoms. The normalized spacial score (nSPS) is 21.7. The standard InChI is InChI=1S/C28H24ClNS2/c29-22-15-13-20(14-16-22)24-19-25(21-9-3-1-4-10-21)31-27-26(24)32-28(17-7-8-18-28)30(27)23-11-5-2-6-12-23/h1-6,9-16,19,24H,7-8,17-18H2. The minimum absolute atomic E-state index is 0.129. The van der Waals surface area contributed by atoms with Crippen LogP contribution >= 0.6 is 35.1 Å². The molecule has 3 aliphatic rings. The van der Waals surface area contributed by atoms with Crippen LogP contribution in [0.1, 0.15) is 42.7 Å². The first-order chi connectivity index (χ1) is 15.7. The van der Waals surface area contributed by atoms with Crippen molar-refractivity contribution in [3.05, 3.63) is 117 Å². The average Bonchev–Trinajstić information content (AvgIpc) is 3.44. The molecule has 1 unspecified atom stereocenters. The molecule has 0 bridgehead atoms. The molecule has 0 amide bonds. The lowest BCUT2D eigenvalue weighted by atomic mass is 9.96. The molecular formula is C28H24ClNS2. The Kier molecular flexibility index (Phi) is 5.37. The van der Waals surface area contributed by atoms with E-state index in [1.807, 2.05) is 23.9 Å². The highest BCUT2D eigenvalue weighted by atomic mass is 35.5. The van der Waals surface area contributed by atoms with E-state index in [1.165, 1.54) is 57.3 Å². The van der Waals surface area contributed by atoms with E-state index in [2.05, 4.69) is 95.5 Å². The zero-order valence-corrected chi connectivity index (χ0v) is 20.1. The fourth-order valence-corrected chi connectivity index (χ4v) is 8.50. The van der Waals surface area contributed by atoms with Gasteiger partial charge in [-0.2, -0.15) is 0 Å². The number of benzene rings is 3. The Morgan fingerprint density at radius 2 is 1.47 bits per heavy atom. The van der Waals surface area contributed by atoms with Crippen LogP contribution in [0.5, 0.6) is 0 Å². The third-order valence-corrected chi connectivity index (χ3v) is 9.82. The van der Waals surface area contributed by atoms with Gasteiger partial charge in [-0.1, -0.05) is 115 Å². The third-order valence-electron chi connectivity index (χ3n) is 6.62. The first-order valence-electron chi connectivity index (χ1n) is 11.2. The Morgan fingerprint density at radius 3 is 2.16 bits per heavy atom. The molecule has 3 aromatic rings.